The number of urea groups is 1. The van der Waals surface area contributed by atoms with Gasteiger partial charge in [-0.05, 0) is 88.6 Å². The Morgan fingerprint density at radius 2 is 1.65 bits per heavy atom. The molecule has 5 rings (SSSR count). The normalized spacial score (nSPS) is 19.1. The molecular formula is C35H46ClF3N6O3. The molecule has 48 heavy (non-hydrogen) atoms. The second-order valence-electron chi connectivity index (χ2n) is 14.3. The van der Waals surface area contributed by atoms with Gasteiger partial charge in [-0.3, -0.25) is 9.59 Å². The van der Waals surface area contributed by atoms with E-state index in [1.54, 1.807) is 9.80 Å². The summed E-state index contributed by atoms with van der Waals surface area (Å²) in [7, 11) is 0. The molecule has 0 aromatic heterocycles. The summed E-state index contributed by atoms with van der Waals surface area (Å²) in [6.07, 6.45) is -1.58. The maximum Gasteiger partial charge on any atom is 0.418 e. The van der Waals surface area contributed by atoms with Crippen LogP contribution in [-0.2, 0) is 28.6 Å². The molecule has 4 N–H and O–H groups in total. The quantitative estimate of drug-likeness (QED) is 0.311. The molecule has 9 nitrogen and oxygen atoms in total. The lowest BCUT2D eigenvalue weighted by Crippen LogP contribution is -2.52. The van der Waals surface area contributed by atoms with Gasteiger partial charge in [0.2, 0.25) is 11.8 Å². The summed E-state index contributed by atoms with van der Waals surface area (Å²) < 4.78 is 41.3. The number of hydrogen-bond donors (Lipinski definition) is 3. The molecule has 1 atom stereocenters. The molecule has 0 aliphatic carbocycles. The molecule has 2 fully saturated rings. The van der Waals surface area contributed by atoms with Gasteiger partial charge in [0.15, 0.2) is 0 Å². The minimum Gasteiger partial charge on any atom is -0.397 e. The van der Waals surface area contributed by atoms with E-state index in [4.69, 9.17) is 17.3 Å². The highest BCUT2D eigenvalue weighted by atomic mass is 35.5. The zero-order chi connectivity index (χ0) is 34.8. The van der Waals surface area contributed by atoms with Crippen LogP contribution in [0.3, 0.4) is 0 Å². The Labute approximate surface area is 285 Å². The molecule has 2 aromatic carbocycles. The first-order valence-electron chi connectivity index (χ1n) is 16.7. The van der Waals surface area contributed by atoms with Crippen molar-refractivity contribution in [3.8, 4) is 0 Å². The van der Waals surface area contributed by atoms with Gasteiger partial charge in [-0.25, -0.2) is 4.79 Å². The first-order valence-corrected chi connectivity index (χ1v) is 17.1. The van der Waals surface area contributed by atoms with E-state index in [1.807, 2.05) is 29.2 Å². The summed E-state index contributed by atoms with van der Waals surface area (Å²) in [5.41, 5.74) is 6.05. The van der Waals surface area contributed by atoms with Crippen molar-refractivity contribution in [2.24, 2.45) is 5.92 Å². The fraction of sp³-hybridized carbons (Fsp3) is 0.571. The zero-order valence-electron chi connectivity index (χ0n) is 27.8. The Balaban J connectivity index is 1.27. The van der Waals surface area contributed by atoms with Crippen LogP contribution in [0.5, 0.6) is 0 Å². The molecule has 4 amide bonds. The summed E-state index contributed by atoms with van der Waals surface area (Å²) in [6, 6.07) is 10.1. The molecule has 3 heterocycles. The topological polar surface area (TPSA) is 111 Å². The third kappa shape index (κ3) is 8.74. The van der Waals surface area contributed by atoms with Crippen LogP contribution in [0.2, 0.25) is 5.02 Å². The number of nitrogen functional groups attached to an aromatic ring is 1. The number of para-hydroxylation sites is 1. The van der Waals surface area contributed by atoms with E-state index in [-0.39, 0.29) is 58.9 Å². The number of fused-ring (bicyclic) bond motifs is 1. The second kappa shape index (κ2) is 14.5. The molecule has 0 radical (unpaired) electrons. The van der Waals surface area contributed by atoms with E-state index in [9.17, 15) is 27.6 Å². The molecule has 0 bridgehead atoms. The van der Waals surface area contributed by atoms with Gasteiger partial charge in [-0.15, -0.1) is 0 Å². The van der Waals surface area contributed by atoms with Crippen LogP contribution >= 0.6 is 11.6 Å². The van der Waals surface area contributed by atoms with E-state index in [0.29, 0.717) is 45.6 Å². The van der Waals surface area contributed by atoms with Gasteiger partial charge in [-0.1, -0.05) is 29.8 Å². The summed E-state index contributed by atoms with van der Waals surface area (Å²) in [5.74, 6) is -1.37. The SMILES string of the molecule is CC(C)(C)NC1CCN(C(=O)[C@H](CC(=O)N2CCC(N3CCc4ccccc4NC3=O)CC2)Cc2cc(Cl)c(N)c(C(F)(F)F)c2)CC1. The van der Waals surface area contributed by atoms with Crippen LogP contribution < -0.4 is 16.4 Å². The number of anilines is 2. The van der Waals surface area contributed by atoms with Crippen LogP contribution in [0.15, 0.2) is 36.4 Å². The maximum absolute atomic E-state index is 14.0. The highest BCUT2D eigenvalue weighted by Crippen LogP contribution is 2.38. The maximum atomic E-state index is 14.0. The van der Waals surface area contributed by atoms with Crippen molar-refractivity contribution in [2.75, 3.05) is 43.8 Å². The van der Waals surface area contributed by atoms with Gasteiger partial charge in [0.05, 0.1) is 22.2 Å². The number of piperidine rings is 2. The van der Waals surface area contributed by atoms with E-state index in [1.165, 1.54) is 6.07 Å². The molecule has 262 valence electrons. The van der Waals surface area contributed by atoms with Crippen molar-refractivity contribution in [3.05, 3.63) is 58.1 Å². The monoisotopic (exact) mass is 690 g/mol. The lowest BCUT2D eigenvalue weighted by molar-refractivity contribution is -0.142. The van der Waals surface area contributed by atoms with Crippen LogP contribution in [0.4, 0.5) is 29.3 Å². The van der Waals surface area contributed by atoms with E-state index in [0.717, 1.165) is 36.6 Å². The van der Waals surface area contributed by atoms with E-state index < -0.39 is 23.3 Å². The van der Waals surface area contributed by atoms with Crippen LogP contribution in [0.1, 0.15) is 69.6 Å². The number of carbonyl (C=O) groups is 3. The molecule has 0 spiro atoms. The Morgan fingerprint density at radius 3 is 2.29 bits per heavy atom. The molecule has 0 unspecified atom stereocenters. The zero-order valence-corrected chi connectivity index (χ0v) is 28.6. The molecule has 2 saturated heterocycles. The smallest absolute Gasteiger partial charge is 0.397 e. The fourth-order valence-corrected chi connectivity index (χ4v) is 7.42. The minimum atomic E-state index is -4.72. The van der Waals surface area contributed by atoms with Crippen molar-refractivity contribution in [1.29, 1.82) is 0 Å². The number of nitrogens with zero attached hydrogens (tertiary/aromatic N) is 3. The summed E-state index contributed by atoms with van der Waals surface area (Å²) in [4.78, 5) is 46.0. The number of likely N-dealkylation sites (tertiary alicyclic amines) is 2. The average molecular weight is 691 g/mol. The van der Waals surface area contributed by atoms with Gasteiger partial charge in [0.25, 0.3) is 0 Å². The van der Waals surface area contributed by atoms with Gasteiger partial charge in [0, 0.05) is 62.5 Å². The third-order valence-electron chi connectivity index (χ3n) is 9.59. The number of carbonyl (C=O) groups excluding carboxylic acids is 3. The van der Waals surface area contributed by atoms with Crippen molar-refractivity contribution in [3.63, 3.8) is 0 Å². The lowest BCUT2D eigenvalue weighted by atomic mass is 9.91. The first-order chi connectivity index (χ1) is 22.6. The van der Waals surface area contributed by atoms with Crippen molar-refractivity contribution < 1.29 is 27.6 Å². The molecule has 2 aromatic rings. The van der Waals surface area contributed by atoms with Crippen molar-refractivity contribution >= 4 is 40.8 Å². The number of nitrogens with two attached hydrogens (primary N) is 1. The number of rotatable bonds is 7. The second-order valence-corrected chi connectivity index (χ2v) is 14.7. The number of halogens is 4. The minimum absolute atomic E-state index is 0.0403. The summed E-state index contributed by atoms with van der Waals surface area (Å²) >= 11 is 6.12. The Kier molecular flexibility index (Phi) is 10.8. The molecule has 3 aliphatic rings. The molecule has 13 heteroatoms. The van der Waals surface area contributed by atoms with E-state index in [2.05, 4.69) is 31.4 Å². The molecule has 0 saturated carbocycles. The lowest BCUT2D eigenvalue weighted by Gasteiger charge is -2.39. The van der Waals surface area contributed by atoms with Crippen LogP contribution in [-0.4, -0.2) is 82.9 Å². The number of benzene rings is 2. The van der Waals surface area contributed by atoms with Crippen LogP contribution in [0, 0.1) is 5.92 Å². The first kappa shape index (κ1) is 35.8. The molecular weight excluding hydrogens is 645 g/mol. The number of alkyl halides is 3. The van der Waals surface area contributed by atoms with Crippen LogP contribution in [0.25, 0.3) is 0 Å². The van der Waals surface area contributed by atoms with E-state index >= 15 is 0 Å². The predicted molar refractivity (Wildman–Crippen MR) is 181 cm³/mol. The highest BCUT2D eigenvalue weighted by Gasteiger charge is 2.37. The summed E-state index contributed by atoms with van der Waals surface area (Å²) in [6.45, 7) is 8.64. The van der Waals surface area contributed by atoms with Gasteiger partial charge in [-0.2, -0.15) is 13.2 Å². The number of hydrogen-bond acceptors (Lipinski definition) is 5. The number of nitrogens with one attached hydrogen (secondary N) is 2. The van der Waals surface area contributed by atoms with Gasteiger partial charge >= 0.3 is 12.2 Å². The standard InChI is InChI=1S/C35H46ClF3N6O3/c1-34(2,3)42-25-9-13-44(14-10-25)32(47)24(18-22-19-27(35(37,38)39)31(40)28(36)20-22)21-30(46)43-15-11-26(12-16-43)45-17-8-23-6-4-5-7-29(23)41-33(45)48/h4-7,19-20,24-26,42H,8-18,21,40H2,1-3H3,(H,41,48)/t24-/m0/s1. The fourth-order valence-electron chi connectivity index (χ4n) is 7.18. The largest absolute Gasteiger partial charge is 0.418 e. The average Bonchev–Trinajstić information content (AvgIpc) is 3.19. The third-order valence-corrected chi connectivity index (χ3v) is 9.90. The summed E-state index contributed by atoms with van der Waals surface area (Å²) in [5, 5.41) is 6.33. The van der Waals surface area contributed by atoms with Gasteiger partial charge in [0.1, 0.15) is 0 Å². The Morgan fingerprint density at radius 1 is 1.00 bits per heavy atom. The van der Waals surface area contributed by atoms with Gasteiger partial charge < -0.3 is 31.1 Å². The predicted octanol–water partition coefficient (Wildman–Crippen LogP) is 5.95. The van der Waals surface area contributed by atoms with Crippen molar-refractivity contribution in [2.45, 2.75) is 89.5 Å². The molecule has 3 aliphatic heterocycles. The number of amides is 4. The Hall–Kier alpha value is -3.51. The highest BCUT2D eigenvalue weighted by molar-refractivity contribution is 6.33. The Bertz CT molecular complexity index is 1500. The van der Waals surface area contributed by atoms with Crippen molar-refractivity contribution in [1.82, 2.24) is 20.0 Å².